The predicted molar refractivity (Wildman–Crippen MR) is 143 cm³/mol. The molecule has 5 rings (SSSR count). The lowest BCUT2D eigenvalue weighted by Crippen LogP contribution is -2.29. The van der Waals surface area contributed by atoms with Crippen molar-refractivity contribution in [2.24, 2.45) is 0 Å². The highest BCUT2D eigenvalue weighted by Gasteiger charge is 2.46. The second kappa shape index (κ2) is 10.8. The summed E-state index contributed by atoms with van der Waals surface area (Å²) in [6.07, 6.45) is 3.27. The van der Waals surface area contributed by atoms with Crippen LogP contribution in [0.5, 0.6) is 17.2 Å². The van der Waals surface area contributed by atoms with E-state index in [1.807, 2.05) is 36.4 Å². The molecule has 0 bridgehead atoms. The van der Waals surface area contributed by atoms with E-state index < -0.39 is 17.7 Å². The van der Waals surface area contributed by atoms with E-state index in [-0.39, 0.29) is 28.5 Å². The zero-order valence-electron chi connectivity index (χ0n) is 20.4. The molecule has 190 valence electrons. The predicted octanol–water partition coefficient (Wildman–Crippen LogP) is 6.16. The van der Waals surface area contributed by atoms with Crippen molar-refractivity contribution in [2.45, 2.75) is 12.6 Å². The van der Waals surface area contributed by atoms with Crippen molar-refractivity contribution < 1.29 is 24.2 Å². The first-order chi connectivity index (χ1) is 18.5. The van der Waals surface area contributed by atoms with Crippen LogP contribution in [0, 0.1) is 0 Å². The molecule has 1 aliphatic rings. The van der Waals surface area contributed by atoms with E-state index in [0.29, 0.717) is 22.8 Å². The number of Topliss-reactive ketones (excluding diaryl/α,β-unsaturated/α-hetero) is 1. The first-order valence-electron chi connectivity index (χ1n) is 11.8. The fraction of sp³-hybridized carbons (Fsp3) is 0.100. The number of pyridine rings is 1. The number of hydrogen-bond donors (Lipinski definition) is 1. The van der Waals surface area contributed by atoms with E-state index in [1.165, 1.54) is 18.1 Å². The van der Waals surface area contributed by atoms with E-state index in [1.54, 1.807) is 54.9 Å². The Labute approximate surface area is 224 Å². The van der Waals surface area contributed by atoms with Crippen LogP contribution in [0.3, 0.4) is 0 Å². The number of para-hydroxylation sites is 1. The average molecular weight is 527 g/mol. The Morgan fingerprint density at radius 3 is 2.47 bits per heavy atom. The number of amides is 1. The third kappa shape index (κ3) is 4.96. The molecule has 1 saturated heterocycles. The van der Waals surface area contributed by atoms with E-state index in [2.05, 4.69) is 4.98 Å². The Balaban J connectivity index is 1.62. The van der Waals surface area contributed by atoms with Crippen molar-refractivity contribution in [3.8, 4) is 17.2 Å². The van der Waals surface area contributed by atoms with Gasteiger partial charge in [-0.2, -0.15) is 0 Å². The Morgan fingerprint density at radius 2 is 1.76 bits per heavy atom. The fourth-order valence-electron chi connectivity index (χ4n) is 4.42. The summed E-state index contributed by atoms with van der Waals surface area (Å²) in [5.74, 6) is -0.272. The van der Waals surface area contributed by atoms with E-state index in [4.69, 9.17) is 21.1 Å². The smallest absolute Gasteiger partial charge is 0.295 e. The number of carbonyl (C=O) groups excluding carboxylic acids is 2. The van der Waals surface area contributed by atoms with Gasteiger partial charge in [0.1, 0.15) is 23.0 Å². The summed E-state index contributed by atoms with van der Waals surface area (Å²) in [5, 5.41) is 11.6. The van der Waals surface area contributed by atoms with Gasteiger partial charge in [-0.15, -0.1) is 0 Å². The number of methoxy groups -OCH3 is 1. The van der Waals surface area contributed by atoms with Crippen molar-refractivity contribution in [1.82, 2.24) is 9.88 Å². The summed E-state index contributed by atoms with van der Waals surface area (Å²) >= 11 is 6.29. The SMILES string of the molecule is COc1ccc(/C(O)=C2\C(=O)C(=O)N(Cc3cccnc3)C2c2cccc(Oc3ccccc3)c2)cc1Cl. The zero-order valence-corrected chi connectivity index (χ0v) is 21.1. The van der Waals surface area contributed by atoms with Gasteiger partial charge >= 0.3 is 0 Å². The maximum Gasteiger partial charge on any atom is 0.295 e. The number of halogens is 1. The Bertz CT molecular complexity index is 1520. The molecule has 1 unspecified atom stereocenters. The maximum atomic E-state index is 13.4. The minimum atomic E-state index is -0.879. The molecule has 1 aromatic heterocycles. The summed E-state index contributed by atoms with van der Waals surface area (Å²) in [4.78, 5) is 32.2. The quantitative estimate of drug-likeness (QED) is 0.176. The number of aliphatic hydroxyl groups excluding tert-OH is 1. The first-order valence-corrected chi connectivity index (χ1v) is 12.2. The average Bonchev–Trinajstić information content (AvgIpc) is 3.19. The van der Waals surface area contributed by atoms with Gasteiger partial charge < -0.3 is 19.5 Å². The molecule has 8 heteroatoms. The van der Waals surface area contributed by atoms with Gasteiger partial charge in [0.25, 0.3) is 11.7 Å². The lowest BCUT2D eigenvalue weighted by Gasteiger charge is -2.25. The number of benzene rings is 3. The summed E-state index contributed by atoms with van der Waals surface area (Å²) in [6, 6.07) is 23.8. The number of hydrogen-bond acceptors (Lipinski definition) is 6. The number of carbonyl (C=O) groups is 2. The van der Waals surface area contributed by atoms with Gasteiger partial charge in [-0.25, -0.2) is 0 Å². The highest BCUT2D eigenvalue weighted by Crippen LogP contribution is 2.42. The van der Waals surface area contributed by atoms with Crippen LogP contribution in [0.15, 0.2) is 103 Å². The molecule has 3 aromatic carbocycles. The summed E-state index contributed by atoms with van der Waals surface area (Å²) < 4.78 is 11.2. The number of ether oxygens (including phenoxy) is 2. The monoisotopic (exact) mass is 526 g/mol. The molecular weight excluding hydrogens is 504 g/mol. The Kier molecular flexibility index (Phi) is 7.11. The van der Waals surface area contributed by atoms with Crippen LogP contribution in [-0.4, -0.2) is 33.8 Å². The molecule has 7 nitrogen and oxygen atoms in total. The zero-order chi connectivity index (χ0) is 26.6. The van der Waals surface area contributed by atoms with Crippen LogP contribution in [-0.2, 0) is 16.1 Å². The van der Waals surface area contributed by atoms with Gasteiger partial charge in [0, 0.05) is 24.5 Å². The van der Waals surface area contributed by atoms with Gasteiger partial charge in [0.2, 0.25) is 0 Å². The largest absolute Gasteiger partial charge is 0.507 e. The van der Waals surface area contributed by atoms with E-state index in [9.17, 15) is 14.7 Å². The summed E-state index contributed by atoms with van der Waals surface area (Å²) in [6.45, 7) is 0.118. The van der Waals surface area contributed by atoms with Crippen LogP contribution in [0.25, 0.3) is 5.76 Å². The second-order valence-corrected chi connectivity index (χ2v) is 9.03. The molecule has 0 radical (unpaired) electrons. The van der Waals surface area contributed by atoms with Crippen molar-refractivity contribution in [3.63, 3.8) is 0 Å². The second-order valence-electron chi connectivity index (χ2n) is 8.63. The number of nitrogens with zero attached hydrogens (tertiary/aromatic N) is 2. The van der Waals surface area contributed by atoms with Crippen LogP contribution >= 0.6 is 11.6 Å². The molecule has 1 N–H and O–H groups in total. The van der Waals surface area contributed by atoms with Crippen LogP contribution in [0.4, 0.5) is 0 Å². The number of ketones is 1. The van der Waals surface area contributed by atoms with Gasteiger partial charge in [0.05, 0.1) is 23.7 Å². The topological polar surface area (TPSA) is 89.0 Å². The van der Waals surface area contributed by atoms with Crippen molar-refractivity contribution >= 4 is 29.1 Å². The number of rotatable bonds is 7. The molecule has 2 heterocycles. The van der Waals surface area contributed by atoms with E-state index >= 15 is 0 Å². The summed E-state index contributed by atoms with van der Waals surface area (Å²) in [5.41, 5.74) is 1.58. The van der Waals surface area contributed by atoms with Crippen molar-refractivity contribution in [1.29, 1.82) is 0 Å². The molecule has 4 aromatic rings. The molecule has 1 fully saturated rings. The van der Waals surface area contributed by atoms with E-state index in [0.717, 1.165) is 5.56 Å². The molecule has 0 aliphatic carbocycles. The minimum absolute atomic E-state index is 0.0445. The first kappa shape index (κ1) is 25.0. The third-order valence-electron chi connectivity index (χ3n) is 6.19. The lowest BCUT2D eigenvalue weighted by atomic mass is 9.95. The molecule has 1 amide bonds. The van der Waals surface area contributed by atoms with Gasteiger partial charge in [-0.05, 0) is 59.7 Å². The van der Waals surface area contributed by atoms with Crippen LogP contribution < -0.4 is 9.47 Å². The van der Waals surface area contributed by atoms with Gasteiger partial charge in [-0.1, -0.05) is 48.0 Å². The minimum Gasteiger partial charge on any atom is -0.507 e. The molecule has 0 saturated carbocycles. The highest BCUT2D eigenvalue weighted by atomic mass is 35.5. The lowest BCUT2D eigenvalue weighted by molar-refractivity contribution is -0.140. The standard InChI is InChI=1S/C30H23ClN2O5/c1-37-25-13-12-21(16-24(25)31)28(34)26-27(33(30(36)29(26)35)18-19-7-6-14-32-17-19)20-8-5-11-23(15-20)38-22-9-3-2-4-10-22/h2-17,27,34H,18H2,1H3/b28-26+. The molecular formula is C30H23ClN2O5. The Morgan fingerprint density at radius 1 is 0.974 bits per heavy atom. The normalized spacial score (nSPS) is 16.5. The third-order valence-corrected chi connectivity index (χ3v) is 6.49. The molecule has 1 aliphatic heterocycles. The van der Waals surface area contributed by atoms with Gasteiger partial charge in [0.15, 0.2) is 0 Å². The molecule has 38 heavy (non-hydrogen) atoms. The molecule has 1 atom stereocenters. The van der Waals surface area contributed by atoms with Crippen LogP contribution in [0.1, 0.15) is 22.7 Å². The van der Waals surface area contributed by atoms with Crippen LogP contribution in [0.2, 0.25) is 5.02 Å². The maximum absolute atomic E-state index is 13.4. The Hall–Kier alpha value is -4.62. The summed E-state index contributed by atoms with van der Waals surface area (Å²) in [7, 11) is 1.48. The number of aliphatic hydroxyl groups is 1. The van der Waals surface area contributed by atoms with Crippen molar-refractivity contribution in [2.75, 3.05) is 7.11 Å². The molecule has 0 spiro atoms. The van der Waals surface area contributed by atoms with Crippen molar-refractivity contribution in [3.05, 3.63) is 125 Å². The number of aromatic nitrogens is 1. The highest BCUT2D eigenvalue weighted by molar-refractivity contribution is 6.46. The van der Waals surface area contributed by atoms with Gasteiger partial charge in [-0.3, -0.25) is 14.6 Å². The number of likely N-dealkylation sites (tertiary alicyclic amines) is 1. The fourth-order valence-corrected chi connectivity index (χ4v) is 4.68.